The number of fused-ring (bicyclic) bond motifs is 1. The van der Waals surface area contributed by atoms with E-state index in [1.165, 1.54) is 11.8 Å². The zero-order valence-electron chi connectivity index (χ0n) is 18.1. The summed E-state index contributed by atoms with van der Waals surface area (Å²) in [6.45, 7) is 5.48. The van der Waals surface area contributed by atoms with Gasteiger partial charge in [0.2, 0.25) is 11.8 Å². The summed E-state index contributed by atoms with van der Waals surface area (Å²) in [6.07, 6.45) is 2.06. The number of nitrogens with one attached hydrogen (secondary N) is 1. The molecule has 168 valence electrons. The minimum absolute atomic E-state index is 0.0412. The zero-order chi connectivity index (χ0) is 22.7. The molecule has 0 saturated carbocycles. The first kappa shape index (κ1) is 22.9. The van der Waals surface area contributed by atoms with Gasteiger partial charge >= 0.3 is 0 Å². The Hall–Kier alpha value is -2.29. The summed E-state index contributed by atoms with van der Waals surface area (Å²) in [6, 6.07) is 15.5. The van der Waals surface area contributed by atoms with E-state index in [-0.39, 0.29) is 36.3 Å². The average Bonchev–Trinajstić information content (AvgIpc) is 3.11. The molecule has 32 heavy (non-hydrogen) atoms. The summed E-state index contributed by atoms with van der Waals surface area (Å²) in [5, 5.41) is 3.96. The highest BCUT2D eigenvalue weighted by molar-refractivity contribution is 9.10. The predicted octanol–water partition coefficient (Wildman–Crippen LogP) is 4.77. The minimum atomic E-state index is -0.0680. The van der Waals surface area contributed by atoms with Gasteiger partial charge in [-0.1, -0.05) is 34.1 Å². The second-order valence-electron chi connectivity index (χ2n) is 8.04. The third-order valence-corrected chi connectivity index (χ3v) is 6.89. The zero-order valence-corrected chi connectivity index (χ0v) is 20.5. The van der Waals surface area contributed by atoms with E-state index < -0.39 is 0 Å². The molecule has 1 saturated heterocycles. The number of morpholine rings is 1. The molecule has 2 unspecified atom stereocenters. The molecular weight excluding hydrogens is 490 g/mol. The minimum Gasteiger partial charge on any atom is -0.372 e. The average molecular weight is 516 g/mol. The molecule has 0 bridgehead atoms. The molecule has 4 rings (SSSR count). The summed E-state index contributed by atoms with van der Waals surface area (Å²) < 4.78 is 8.70. The molecule has 0 radical (unpaired) electrons. The Morgan fingerprint density at radius 1 is 1.09 bits per heavy atom. The van der Waals surface area contributed by atoms with E-state index in [2.05, 4.69) is 21.2 Å². The Balaban J connectivity index is 1.44. The van der Waals surface area contributed by atoms with Crippen LogP contribution in [0.1, 0.15) is 13.8 Å². The van der Waals surface area contributed by atoms with Gasteiger partial charge in [0.1, 0.15) is 6.54 Å². The lowest BCUT2D eigenvalue weighted by Crippen LogP contribution is -2.49. The molecule has 6 nitrogen and oxygen atoms in total. The molecule has 2 aromatic carbocycles. The first-order chi connectivity index (χ1) is 15.4. The van der Waals surface area contributed by atoms with E-state index in [0.717, 1.165) is 26.0 Å². The van der Waals surface area contributed by atoms with Crippen LogP contribution >= 0.6 is 27.7 Å². The lowest BCUT2D eigenvalue weighted by atomic mass is 10.2. The summed E-state index contributed by atoms with van der Waals surface area (Å²) in [5.74, 6) is 0.301. The lowest BCUT2D eigenvalue weighted by molar-refractivity contribution is -0.143. The fourth-order valence-corrected chi connectivity index (χ4v) is 5.11. The maximum atomic E-state index is 13.0. The SMILES string of the molecule is CC1CN(C(=O)Cn2cc(SCC(=O)Nc3ccc(Br)cc3)c3ccccc32)CC(C)O1. The summed E-state index contributed by atoms with van der Waals surface area (Å²) in [7, 11) is 0. The molecule has 1 aliphatic rings. The van der Waals surface area contributed by atoms with Crippen LogP contribution in [0, 0.1) is 0 Å². The Kier molecular flexibility index (Phi) is 7.23. The van der Waals surface area contributed by atoms with Gasteiger partial charge < -0.3 is 19.5 Å². The van der Waals surface area contributed by atoms with Crippen molar-refractivity contribution in [2.24, 2.45) is 0 Å². The number of benzene rings is 2. The third-order valence-electron chi connectivity index (χ3n) is 5.32. The highest BCUT2D eigenvalue weighted by Crippen LogP contribution is 2.30. The third kappa shape index (κ3) is 5.54. The van der Waals surface area contributed by atoms with Crippen molar-refractivity contribution in [2.45, 2.75) is 37.5 Å². The van der Waals surface area contributed by atoms with Gasteiger partial charge in [0.05, 0.1) is 18.0 Å². The Morgan fingerprint density at radius 2 is 1.78 bits per heavy atom. The molecule has 8 heteroatoms. The van der Waals surface area contributed by atoms with Gasteiger partial charge in [-0.15, -0.1) is 11.8 Å². The van der Waals surface area contributed by atoms with Crippen molar-refractivity contribution in [3.8, 4) is 0 Å². The Bertz CT molecular complexity index is 1110. The number of carbonyl (C=O) groups is 2. The van der Waals surface area contributed by atoms with E-state index in [1.807, 2.05) is 78.0 Å². The number of para-hydroxylation sites is 1. The van der Waals surface area contributed by atoms with Gasteiger partial charge in [-0.05, 0) is 44.2 Å². The van der Waals surface area contributed by atoms with Crippen molar-refractivity contribution >= 4 is 56.1 Å². The molecule has 2 atom stereocenters. The quantitative estimate of drug-likeness (QED) is 0.480. The van der Waals surface area contributed by atoms with Gasteiger partial charge in [-0.25, -0.2) is 0 Å². The number of aromatic nitrogens is 1. The van der Waals surface area contributed by atoms with E-state index in [0.29, 0.717) is 13.1 Å². The van der Waals surface area contributed by atoms with Crippen molar-refractivity contribution in [3.63, 3.8) is 0 Å². The van der Waals surface area contributed by atoms with Crippen molar-refractivity contribution in [1.29, 1.82) is 0 Å². The number of hydrogen-bond donors (Lipinski definition) is 1. The molecule has 2 heterocycles. The fourth-order valence-electron chi connectivity index (χ4n) is 3.96. The number of amides is 2. The van der Waals surface area contributed by atoms with Crippen LogP contribution in [0.2, 0.25) is 0 Å². The number of thioether (sulfide) groups is 1. The smallest absolute Gasteiger partial charge is 0.242 e. The Labute approximate surface area is 200 Å². The number of halogens is 1. The molecule has 1 aromatic heterocycles. The van der Waals surface area contributed by atoms with Gasteiger partial charge in [0.15, 0.2) is 0 Å². The molecule has 3 aromatic rings. The van der Waals surface area contributed by atoms with Crippen molar-refractivity contribution in [1.82, 2.24) is 9.47 Å². The molecule has 1 fully saturated rings. The van der Waals surface area contributed by atoms with Crippen LogP contribution in [-0.4, -0.2) is 52.3 Å². The number of carbonyl (C=O) groups excluding carboxylic acids is 2. The van der Waals surface area contributed by atoms with E-state index in [1.54, 1.807) is 0 Å². The van der Waals surface area contributed by atoms with Crippen LogP contribution in [0.3, 0.4) is 0 Å². The van der Waals surface area contributed by atoms with Crippen LogP contribution in [0.4, 0.5) is 5.69 Å². The van der Waals surface area contributed by atoms with Crippen molar-refractivity contribution in [3.05, 3.63) is 59.2 Å². The van der Waals surface area contributed by atoms with Crippen LogP contribution in [0.5, 0.6) is 0 Å². The lowest BCUT2D eigenvalue weighted by Gasteiger charge is -2.35. The molecule has 0 aliphatic carbocycles. The van der Waals surface area contributed by atoms with Crippen molar-refractivity contribution < 1.29 is 14.3 Å². The number of rotatable bonds is 6. The van der Waals surface area contributed by atoms with Crippen LogP contribution in [-0.2, 0) is 20.9 Å². The molecule has 2 amide bonds. The van der Waals surface area contributed by atoms with Gasteiger partial charge in [-0.3, -0.25) is 9.59 Å². The molecule has 1 N–H and O–H groups in total. The number of hydrogen-bond acceptors (Lipinski definition) is 4. The number of nitrogens with zero attached hydrogens (tertiary/aromatic N) is 2. The van der Waals surface area contributed by atoms with Crippen LogP contribution < -0.4 is 5.32 Å². The molecule has 0 spiro atoms. The first-order valence-electron chi connectivity index (χ1n) is 10.6. The van der Waals surface area contributed by atoms with Gasteiger partial charge in [0.25, 0.3) is 0 Å². The fraction of sp³-hybridized carbons (Fsp3) is 0.333. The standard InChI is InChI=1S/C24H26BrN3O3S/c1-16-11-28(12-17(2)31-16)24(30)14-27-13-22(20-5-3-4-6-21(20)27)32-15-23(29)26-19-9-7-18(25)8-10-19/h3-10,13,16-17H,11-12,14-15H2,1-2H3,(H,26,29). The predicted molar refractivity (Wildman–Crippen MR) is 132 cm³/mol. The topological polar surface area (TPSA) is 63.6 Å². The maximum Gasteiger partial charge on any atom is 0.242 e. The van der Waals surface area contributed by atoms with E-state index in [9.17, 15) is 9.59 Å². The van der Waals surface area contributed by atoms with Gasteiger partial charge in [-0.2, -0.15) is 0 Å². The second-order valence-corrected chi connectivity index (χ2v) is 9.97. The summed E-state index contributed by atoms with van der Waals surface area (Å²) in [5.41, 5.74) is 1.76. The largest absolute Gasteiger partial charge is 0.372 e. The van der Waals surface area contributed by atoms with Crippen molar-refractivity contribution in [2.75, 3.05) is 24.2 Å². The first-order valence-corrected chi connectivity index (χ1v) is 12.4. The van der Waals surface area contributed by atoms with E-state index >= 15 is 0 Å². The molecule has 1 aliphatic heterocycles. The second kappa shape index (κ2) is 10.1. The van der Waals surface area contributed by atoms with E-state index in [4.69, 9.17) is 4.74 Å². The summed E-state index contributed by atoms with van der Waals surface area (Å²) in [4.78, 5) is 28.3. The normalized spacial score (nSPS) is 18.7. The summed E-state index contributed by atoms with van der Waals surface area (Å²) >= 11 is 4.87. The van der Waals surface area contributed by atoms with Crippen LogP contribution in [0.25, 0.3) is 10.9 Å². The highest BCUT2D eigenvalue weighted by Gasteiger charge is 2.26. The number of ether oxygens (including phenoxy) is 1. The highest BCUT2D eigenvalue weighted by atomic mass is 79.9. The monoisotopic (exact) mass is 515 g/mol. The molecular formula is C24H26BrN3O3S. The maximum absolute atomic E-state index is 13.0. The van der Waals surface area contributed by atoms with Gasteiger partial charge in [0, 0.05) is 45.2 Å². The number of anilines is 1. The Morgan fingerprint density at radius 3 is 2.50 bits per heavy atom. The van der Waals surface area contributed by atoms with Crippen LogP contribution in [0.15, 0.2) is 64.1 Å².